The van der Waals surface area contributed by atoms with Gasteiger partial charge in [0, 0.05) is 24.7 Å². The first-order valence-electron chi connectivity index (χ1n) is 9.35. The summed E-state index contributed by atoms with van der Waals surface area (Å²) in [5, 5.41) is 14.2. The Morgan fingerprint density at radius 1 is 1.21 bits per heavy atom. The van der Waals surface area contributed by atoms with Crippen LogP contribution in [0.25, 0.3) is 10.9 Å². The molecule has 0 saturated heterocycles. The van der Waals surface area contributed by atoms with E-state index in [1.165, 1.54) is 4.90 Å². The summed E-state index contributed by atoms with van der Waals surface area (Å²) >= 11 is 0. The number of hydrogen-bond acceptors (Lipinski definition) is 5. The molecule has 0 bridgehead atoms. The maximum atomic E-state index is 12.7. The SMILES string of the molecule is CC(C)(C)OC(=O)N(CCCn1ncc2cc(C(=O)O)ccc21)c1ccccn1. The van der Waals surface area contributed by atoms with Crippen LogP contribution in [0.3, 0.4) is 0 Å². The molecule has 0 unspecified atom stereocenters. The first-order chi connectivity index (χ1) is 13.7. The van der Waals surface area contributed by atoms with Crippen LogP contribution in [-0.4, -0.2) is 44.1 Å². The molecule has 2 aromatic heterocycles. The van der Waals surface area contributed by atoms with Crippen molar-refractivity contribution in [2.24, 2.45) is 0 Å². The highest BCUT2D eigenvalue weighted by Crippen LogP contribution is 2.18. The second kappa shape index (κ2) is 8.30. The summed E-state index contributed by atoms with van der Waals surface area (Å²) in [7, 11) is 0. The Bertz CT molecular complexity index is 1010. The minimum Gasteiger partial charge on any atom is -0.478 e. The van der Waals surface area contributed by atoms with E-state index in [4.69, 9.17) is 9.84 Å². The molecule has 1 amide bonds. The van der Waals surface area contributed by atoms with Crippen LogP contribution in [0, 0.1) is 0 Å². The Morgan fingerprint density at radius 3 is 2.66 bits per heavy atom. The quantitative estimate of drug-likeness (QED) is 0.677. The molecule has 0 fully saturated rings. The van der Waals surface area contributed by atoms with Gasteiger partial charge < -0.3 is 9.84 Å². The topological polar surface area (TPSA) is 97.6 Å². The third-order valence-electron chi connectivity index (χ3n) is 4.18. The van der Waals surface area contributed by atoms with Crippen molar-refractivity contribution in [2.45, 2.75) is 39.3 Å². The molecule has 0 spiro atoms. The molecule has 8 nitrogen and oxygen atoms in total. The second-order valence-corrected chi connectivity index (χ2v) is 7.62. The van der Waals surface area contributed by atoms with E-state index in [2.05, 4.69) is 10.1 Å². The van der Waals surface area contributed by atoms with Crippen LogP contribution < -0.4 is 4.90 Å². The zero-order valence-electron chi connectivity index (χ0n) is 16.7. The summed E-state index contributed by atoms with van der Waals surface area (Å²) in [6.45, 7) is 6.43. The molecule has 3 rings (SSSR count). The number of carboxylic acid groups (broad SMARTS) is 1. The number of hydrogen-bond donors (Lipinski definition) is 1. The number of anilines is 1. The average molecular weight is 396 g/mol. The van der Waals surface area contributed by atoms with Crippen LogP contribution in [0.2, 0.25) is 0 Å². The normalized spacial score (nSPS) is 11.4. The van der Waals surface area contributed by atoms with Crippen LogP contribution in [-0.2, 0) is 11.3 Å². The van der Waals surface area contributed by atoms with Crippen molar-refractivity contribution in [1.29, 1.82) is 0 Å². The predicted molar refractivity (Wildman–Crippen MR) is 109 cm³/mol. The highest BCUT2D eigenvalue weighted by molar-refractivity contribution is 5.93. The summed E-state index contributed by atoms with van der Waals surface area (Å²) in [6, 6.07) is 10.3. The van der Waals surface area contributed by atoms with Crippen molar-refractivity contribution in [3.8, 4) is 0 Å². The Labute approximate surface area is 168 Å². The van der Waals surface area contributed by atoms with E-state index in [1.54, 1.807) is 47.4 Å². The first-order valence-corrected chi connectivity index (χ1v) is 9.35. The zero-order valence-corrected chi connectivity index (χ0v) is 16.7. The Morgan fingerprint density at radius 2 is 2.00 bits per heavy atom. The van der Waals surface area contributed by atoms with Crippen molar-refractivity contribution < 1.29 is 19.4 Å². The van der Waals surface area contributed by atoms with Crippen molar-refractivity contribution in [3.05, 3.63) is 54.4 Å². The minimum atomic E-state index is -0.969. The van der Waals surface area contributed by atoms with Gasteiger partial charge in [0.1, 0.15) is 11.4 Å². The van der Waals surface area contributed by atoms with Gasteiger partial charge in [-0.25, -0.2) is 14.6 Å². The fourth-order valence-corrected chi connectivity index (χ4v) is 2.91. The van der Waals surface area contributed by atoms with Gasteiger partial charge in [0.25, 0.3) is 0 Å². The van der Waals surface area contributed by atoms with Gasteiger partial charge in [-0.1, -0.05) is 6.07 Å². The lowest BCUT2D eigenvalue weighted by Crippen LogP contribution is -2.38. The van der Waals surface area contributed by atoms with Crippen LogP contribution in [0.15, 0.2) is 48.8 Å². The van der Waals surface area contributed by atoms with E-state index >= 15 is 0 Å². The molecule has 2 heterocycles. The number of ether oxygens (including phenoxy) is 1. The lowest BCUT2D eigenvalue weighted by molar-refractivity contribution is 0.0577. The maximum absolute atomic E-state index is 12.7. The number of rotatable bonds is 6. The standard InChI is InChI=1S/C21H24N4O4/c1-21(2,3)29-20(28)24(18-7-4-5-10-22-18)11-6-12-25-17-9-8-15(19(26)27)13-16(17)14-23-25/h4-5,7-10,13-14H,6,11-12H2,1-3H3,(H,26,27). The van der Waals surface area contributed by atoms with Gasteiger partial charge in [-0.2, -0.15) is 5.10 Å². The molecular formula is C21H24N4O4. The number of aromatic carboxylic acids is 1. The minimum absolute atomic E-state index is 0.225. The smallest absolute Gasteiger partial charge is 0.416 e. The average Bonchev–Trinajstić information content (AvgIpc) is 3.06. The summed E-state index contributed by atoms with van der Waals surface area (Å²) in [4.78, 5) is 29.5. The zero-order chi connectivity index (χ0) is 21.0. The van der Waals surface area contributed by atoms with Crippen molar-refractivity contribution in [3.63, 3.8) is 0 Å². The number of amides is 1. The number of nitrogens with zero attached hydrogens (tertiary/aromatic N) is 4. The van der Waals surface area contributed by atoms with Crippen LogP contribution in [0.5, 0.6) is 0 Å². The predicted octanol–water partition coefficient (Wildman–Crippen LogP) is 3.96. The fraction of sp³-hybridized carbons (Fsp3) is 0.333. The Hall–Kier alpha value is -3.42. The summed E-state index contributed by atoms with van der Waals surface area (Å²) < 4.78 is 7.32. The molecule has 8 heteroatoms. The molecule has 1 N–H and O–H groups in total. The van der Waals surface area contributed by atoms with Gasteiger partial charge >= 0.3 is 12.1 Å². The lowest BCUT2D eigenvalue weighted by Gasteiger charge is -2.26. The van der Waals surface area contributed by atoms with Gasteiger partial charge in [0.15, 0.2) is 0 Å². The molecule has 29 heavy (non-hydrogen) atoms. The molecule has 0 saturated carbocycles. The van der Waals surface area contributed by atoms with Crippen molar-refractivity contribution in [1.82, 2.24) is 14.8 Å². The fourth-order valence-electron chi connectivity index (χ4n) is 2.91. The molecule has 0 atom stereocenters. The van der Waals surface area contributed by atoms with Gasteiger partial charge in [-0.3, -0.25) is 9.58 Å². The monoisotopic (exact) mass is 396 g/mol. The number of aromatic nitrogens is 3. The van der Waals surface area contributed by atoms with E-state index in [9.17, 15) is 9.59 Å². The highest BCUT2D eigenvalue weighted by Gasteiger charge is 2.24. The van der Waals surface area contributed by atoms with Gasteiger partial charge in [0.2, 0.25) is 0 Å². The summed E-state index contributed by atoms with van der Waals surface area (Å²) in [6.07, 6.45) is 3.44. The molecule has 0 aliphatic heterocycles. The Kier molecular flexibility index (Phi) is 5.81. The largest absolute Gasteiger partial charge is 0.478 e. The van der Waals surface area contributed by atoms with Crippen LogP contribution in [0.1, 0.15) is 37.6 Å². The number of carbonyl (C=O) groups excluding carboxylic acids is 1. The van der Waals surface area contributed by atoms with E-state index in [0.29, 0.717) is 25.3 Å². The van der Waals surface area contributed by atoms with E-state index in [1.807, 2.05) is 26.8 Å². The van der Waals surface area contributed by atoms with Crippen molar-refractivity contribution >= 4 is 28.8 Å². The van der Waals surface area contributed by atoms with Gasteiger partial charge in [-0.05, 0) is 57.5 Å². The van der Waals surface area contributed by atoms with E-state index in [0.717, 1.165) is 10.9 Å². The summed E-state index contributed by atoms with van der Waals surface area (Å²) in [5.41, 5.74) is 0.462. The van der Waals surface area contributed by atoms with Gasteiger partial charge in [-0.15, -0.1) is 0 Å². The van der Waals surface area contributed by atoms with E-state index in [-0.39, 0.29) is 5.56 Å². The third kappa shape index (κ3) is 5.10. The number of benzene rings is 1. The van der Waals surface area contributed by atoms with Crippen molar-refractivity contribution in [2.75, 3.05) is 11.4 Å². The molecule has 3 aromatic rings. The second-order valence-electron chi connectivity index (χ2n) is 7.62. The number of aryl methyl sites for hydroxylation is 1. The van der Waals surface area contributed by atoms with Gasteiger partial charge in [0.05, 0.1) is 17.3 Å². The number of carbonyl (C=O) groups is 2. The molecular weight excluding hydrogens is 372 g/mol. The molecule has 0 radical (unpaired) electrons. The first kappa shape index (κ1) is 20.3. The third-order valence-corrected chi connectivity index (χ3v) is 4.18. The number of pyridine rings is 1. The Balaban J connectivity index is 1.72. The number of carboxylic acids is 1. The molecule has 152 valence electrons. The molecule has 1 aromatic carbocycles. The highest BCUT2D eigenvalue weighted by atomic mass is 16.6. The maximum Gasteiger partial charge on any atom is 0.416 e. The lowest BCUT2D eigenvalue weighted by atomic mass is 10.1. The van der Waals surface area contributed by atoms with Crippen LogP contribution >= 0.6 is 0 Å². The molecule has 0 aliphatic carbocycles. The van der Waals surface area contributed by atoms with E-state index < -0.39 is 17.7 Å². The number of fused-ring (bicyclic) bond motifs is 1. The molecule has 0 aliphatic rings. The van der Waals surface area contributed by atoms with Crippen LogP contribution in [0.4, 0.5) is 10.6 Å². The summed E-state index contributed by atoms with van der Waals surface area (Å²) in [5.74, 6) is -0.443.